The van der Waals surface area contributed by atoms with E-state index in [4.69, 9.17) is 4.42 Å². The number of amides is 1. The number of carbonyl (C=O) groups is 1. The Morgan fingerprint density at radius 3 is 2.59 bits per heavy atom. The molecule has 0 N–H and O–H groups in total. The second-order valence-corrected chi connectivity index (χ2v) is 10.5. The van der Waals surface area contributed by atoms with E-state index in [9.17, 15) is 13.2 Å². The first-order valence-corrected chi connectivity index (χ1v) is 11.3. The molecule has 148 valence electrons. The van der Waals surface area contributed by atoms with Crippen LogP contribution in [0, 0.1) is 11.8 Å². The van der Waals surface area contributed by atoms with Gasteiger partial charge in [0.2, 0.25) is 15.9 Å². The van der Waals surface area contributed by atoms with Crippen molar-refractivity contribution in [2.75, 3.05) is 32.9 Å². The number of rotatable bonds is 5. The van der Waals surface area contributed by atoms with Crippen molar-refractivity contribution in [3.05, 3.63) is 18.2 Å². The second-order valence-electron chi connectivity index (χ2n) is 7.43. The molecule has 0 bridgehead atoms. The number of sulfonamides is 1. The number of fused-ring (bicyclic) bond motifs is 1. The van der Waals surface area contributed by atoms with Crippen LogP contribution < -0.4 is 0 Å². The van der Waals surface area contributed by atoms with E-state index in [0.29, 0.717) is 28.2 Å². The van der Waals surface area contributed by atoms with Gasteiger partial charge in [-0.2, -0.15) is 0 Å². The monoisotopic (exact) mass is 411 g/mol. The molecule has 0 aliphatic carbocycles. The van der Waals surface area contributed by atoms with Gasteiger partial charge in [0.25, 0.3) is 5.22 Å². The van der Waals surface area contributed by atoms with Crippen LogP contribution in [0.2, 0.25) is 0 Å². The zero-order chi connectivity index (χ0) is 19.8. The van der Waals surface area contributed by atoms with Gasteiger partial charge in [-0.15, -0.1) is 0 Å². The summed E-state index contributed by atoms with van der Waals surface area (Å²) >= 11 is 1.24. The van der Waals surface area contributed by atoms with Gasteiger partial charge in [-0.1, -0.05) is 25.6 Å². The summed E-state index contributed by atoms with van der Waals surface area (Å²) in [5.74, 6) is 1.37. The molecular weight excluding hydrogens is 386 g/mol. The van der Waals surface area contributed by atoms with Crippen LogP contribution >= 0.6 is 11.8 Å². The largest absolute Gasteiger partial charge is 0.431 e. The first-order valence-electron chi connectivity index (χ1n) is 8.90. The predicted molar refractivity (Wildman–Crippen MR) is 105 cm³/mol. The van der Waals surface area contributed by atoms with Crippen LogP contribution in [0.15, 0.2) is 32.7 Å². The van der Waals surface area contributed by atoms with Gasteiger partial charge in [0, 0.05) is 27.2 Å². The summed E-state index contributed by atoms with van der Waals surface area (Å²) in [5, 5.41) is 0.371. The van der Waals surface area contributed by atoms with Crippen LogP contribution in [0.25, 0.3) is 11.1 Å². The summed E-state index contributed by atoms with van der Waals surface area (Å²) < 4.78 is 31.3. The number of oxazole rings is 1. The third kappa shape index (κ3) is 4.47. The van der Waals surface area contributed by atoms with Crippen molar-refractivity contribution in [3.63, 3.8) is 0 Å². The minimum absolute atomic E-state index is 0.0801. The molecule has 0 radical (unpaired) electrons. The minimum atomic E-state index is -3.53. The Balaban J connectivity index is 1.70. The van der Waals surface area contributed by atoms with Crippen LogP contribution in [0.3, 0.4) is 0 Å². The molecule has 9 heteroatoms. The Bertz CT molecular complexity index is 929. The molecule has 0 unspecified atom stereocenters. The van der Waals surface area contributed by atoms with E-state index >= 15 is 0 Å². The number of likely N-dealkylation sites (tertiary alicyclic amines) is 1. The van der Waals surface area contributed by atoms with Crippen molar-refractivity contribution in [1.29, 1.82) is 0 Å². The third-order valence-electron chi connectivity index (χ3n) is 4.66. The topological polar surface area (TPSA) is 83.7 Å². The first-order chi connectivity index (χ1) is 12.7. The summed E-state index contributed by atoms with van der Waals surface area (Å²) in [6.45, 7) is 5.93. The summed E-state index contributed by atoms with van der Waals surface area (Å²) in [7, 11) is -0.558. The van der Waals surface area contributed by atoms with Gasteiger partial charge in [-0.05, 0) is 36.5 Å². The molecule has 3 rings (SSSR count). The summed E-state index contributed by atoms with van der Waals surface area (Å²) in [6, 6.07) is 4.59. The lowest BCUT2D eigenvalue weighted by atomic mass is 9.92. The zero-order valence-corrected chi connectivity index (χ0v) is 17.6. The molecule has 1 aliphatic rings. The highest BCUT2D eigenvalue weighted by Gasteiger charge is 2.26. The van der Waals surface area contributed by atoms with Crippen LogP contribution in [-0.4, -0.2) is 61.5 Å². The highest BCUT2D eigenvalue weighted by Crippen LogP contribution is 2.27. The van der Waals surface area contributed by atoms with Gasteiger partial charge in [0.05, 0.1) is 10.6 Å². The minimum Gasteiger partial charge on any atom is -0.431 e. The van der Waals surface area contributed by atoms with Crippen LogP contribution in [0.1, 0.15) is 20.3 Å². The molecule has 1 aliphatic heterocycles. The summed E-state index contributed by atoms with van der Waals surface area (Å²) in [5.41, 5.74) is 0.968. The van der Waals surface area contributed by atoms with E-state index in [1.807, 2.05) is 4.90 Å². The standard InChI is InChI=1S/C18H25N3O4S2/c1-12-7-13(2)10-21(9-12)17(22)11-26-18-19-15-8-14(5-6-16(15)25-18)27(23,24)20(3)4/h5-6,8,12-13H,7,9-11H2,1-4H3/t12-,13-/m1/s1. The van der Waals surface area contributed by atoms with Crippen molar-refractivity contribution < 1.29 is 17.6 Å². The fourth-order valence-electron chi connectivity index (χ4n) is 3.40. The fourth-order valence-corrected chi connectivity index (χ4v) is 5.06. The quantitative estimate of drug-likeness (QED) is 0.704. The lowest BCUT2D eigenvalue weighted by Gasteiger charge is -2.34. The zero-order valence-electron chi connectivity index (χ0n) is 16.0. The molecule has 1 amide bonds. The Kier molecular flexibility index (Phi) is 5.83. The van der Waals surface area contributed by atoms with Gasteiger partial charge < -0.3 is 9.32 Å². The number of nitrogens with zero attached hydrogens (tertiary/aromatic N) is 3. The van der Waals surface area contributed by atoms with E-state index in [0.717, 1.165) is 23.8 Å². The third-order valence-corrected chi connectivity index (χ3v) is 7.28. The highest BCUT2D eigenvalue weighted by atomic mass is 32.2. The van der Waals surface area contributed by atoms with Crippen LogP contribution in [-0.2, 0) is 14.8 Å². The molecule has 0 saturated carbocycles. The molecule has 2 atom stereocenters. The van der Waals surface area contributed by atoms with Crippen molar-refractivity contribution in [3.8, 4) is 0 Å². The molecule has 27 heavy (non-hydrogen) atoms. The molecule has 1 fully saturated rings. The predicted octanol–water partition coefficient (Wildman–Crippen LogP) is 2.67. The van der Waals surface area contributed by atoms with Crippen molar-refractivity contribution in [2.24, 2.45) is 11.8 Å². The van der Waals surface area contributed by atoms with E-state index < -0.39 is 10.0 Å². The molecule has 1 aromatic heterocycles. The molecule has 2 aromatic rings. The SMILES string of the molecule is C[C@@H]1C[C@@H](C)CN(C(=O)CSc2nc3cc(S(=O)(=O)N(C)C)ccc3o2)C1. The highest BCUT2D eigenvalue weighted by molar-refractivity contribution is 7.99. The molecule has 1 aromatic carbocycles. The van der Waals surface area contributed by atoms with Gasteiger partial charge in [-0.3, -0.25) is 4.79 Å². The maximum atomic E-state index is 12.5. The number of aromatic nitrogens is 1. The Labute approximate surface area is 164 Å². The molecule has 0 spiro atoms. The number of benzene rings is 1. The number of hydrogen-bond acceptors (Lipinski definition) is 6. The van der Waals surface area contributed by atoms with E-state index in [1.54, 1.807) is 6.07 Å². The van der Waals surface area contributed by atoms with Gasteiger partial charge in [-0.25, -0.2) is 17.7 Å². The van der Waals surface area contributed by atoms with Crippen molar-refractivity contribution in [2.45, 2.75) is 30.4 Å². The smallest absolute Gasteiger partial charge is 0.257 e. The lowest BCUT2D eigenvalue weighted by Crippen LogP contribution is -2.43. The maximum absolute atomic E-state index is 12.5. The van der Waals surface area contributed by atoms with Gasteiger partial charge in [0.1, 0.15) is 5.52 Å². The Morgan fingerprint density at radius 1 is 1.30 bits per heavy atom. The Hall–Kier alpha value is -1.58. The summed E-state index contributed by atoms with van der Waals surface area (Å²) in [6.07, 6.45) is 1.15. The maximum Gasteiger partial charge on any atom is 0.257 e. The fraction of sp³-hybridized carbons (Fsp3) is 0.556. The van der Waals surface area contributed by atoms with Crippen LogP contribution in [0.5, 0.6) is 0 Å². The van der Waals surface area contributed by atoms with Gasteiger partial charge >= 0.3 is 0 Å². The molecule has 2 heterocycles. The normalized spacial score (nSPS) is 21.1. The Morgan fingerprint density at radius 2 is 1.96 bits per heavy atom. The number of piperidine rings is 1. The second kappa shape index (κ2) is 7.81. The average molecular weight is 412 g/mol. The summed E-state index contributed by atoms with van der Waals surface area (Å²) in [4.78, 5) is 18.9. The first kappa shape index (κ1) is 20.2. The molecule has 1 saturated heterocycles. The molecular formula is C18H25N3O4S2. The number of thioether (sulfide) groups is 1. The van der Waals surface area contributed by atoms with Crippen molar-refractivity contribution in [1.82, 2.24) is 14.2 Å². The molecule has 7 nitrogen and oxygen atoms in total. The van der Waals surface area contributed by atoms with E-state index in [-0.39, 0.29) is 16.6 Å². The lowest BCUT2D eigenvalue weighted by molar-refractivity contribution is -0.130. The number of hydrogen-bond donors (Lipinski definition) is 0. The van der Waals surface area contributed by atoms with E-state index in [1.165, 1.54) is 38.0 Å². The number of carbonyl (C=O) groups excluding carboxylic acids is 1. The van der Waals surface area contributed by atoms with Crippen LogP contribution in [0.4, 0.5) is 0 Å². The van der Waals surface area contributed by atoms with Crippen molar-refractivity contribution >= 4 is 38.8 Å². The van der Waals surface area contributed by atoms with Gasteiger partial charge in [0.15, 0.2) is 5.58 Å². The average Bonchev–Trinajstić information content (AvgIpc) is 3.00. The van der Waals surface area contributed by atoms with E-state index in [2.05, 4.69) is 18.8 Å².